The second-order valence-corrected chi connectivity index (χ2v) is 6.60. The smallest absolute Gasteiger partial charge is 0.220 e. The Balaban J connectivity index is 1.68. The van der Waals surface area contributed by atoms with E-state index in [1.165, 1.54) is 0 Å². The molecule has 0 aliphatic heterocycles. The molecule has 0 spiro atoms. The molecule has 6 heteroatoms. The van der Waals surface area contributed by atoms with Crippen LogP contribution in [0.4, 0.5) is 0 Å². The predicted molar refractivity (Wildman–Crippen MR) is 99.5 cm³/mol. The Bertz CT molecular complexity index is 719. The summed E-state index contributed by atoms with van der Waals surface area (Å²) in [6, 6.07) is 10.8. The minimum Gasteiger partial charge on any atom is -0.492 e. The maximum Gasteiger partial charge on any atom is 0.220 e. The van der Waals surface area contributed by atoms with Gasteiger partial charge in [0.2, 0.25) is 5.91 Å². The van der Waals surface area contributed by atoms with Crippen LogP contribution in [0.3, 0.4) is 0 Å². The van der Waals surface area contributed by atoms with E-state index in [0.717, 1.165) is 11.1 Å². The first-order chi connectivity index (χ1) is 11.5. The van der Waals surface area contributed by atoms with Gasteiger partial charge in [0.15, 0.2) is 0 Å². The lowest BCUT2D eigenvalue weighted by Gasteiger charge is -2.09. The molecule has 0 aliphatic carbocycles. The van der Waals surface area contributed by atoms with Crippen LogP contribution in [0, 0.1) is 6.92 Å². The Morgan fingerprint density at radius 3 is 2.58 bits per heavy atom. The van der Waals surface area contributed by atoms with Gasteiger partial charge in [0.25, 0.3) is 0 Å². The molecule has 2 aromatic carbocycles. The number of carbonyl (C=O) groups is 1. The lowest BCUT2D eigenvalue weighted by Crippen LogP contribution is -2.28. The molecular weight excluding hydrogens is 369 g/mol. The number of aryl methyl sites for hydroxylation is 2. The van der Waals surface area contributed by atoms with E-state index in [4.69, 9.17) is 39.5 Å². The standard InChI is InChI=1S/C18H18Cl3NO2/c1-12-2-6-15(11-16(12)20)24-9-8-22-18(23)7-4-13-3-5-14(19)10-17(13)21/h2-3,5-6,10-11H,4,7-9H2,1H3,(H,22,23). The van der Waals surface area contributed by atoms with Crippen LogP contribution in [0.2, 0.25) is 15.1 Å². The van der Waals surface area contributed by atoms with Gasteiger partial charge in [-0.3, -0.25) is 4.79 Å². The minimum atomic E-state index is -0.0495. The van der Waals surface area contributed by atoms with Crippen LogP contribution in [0.25, 0.3) is 0 Å². The highest BCUT2D eigenvalue weighted by molar-refractivity contribution is 6.35. The fourth-order valence-electron chi connectivity index (χ4n) is 2.08. The van der Waals surface area contributed by atoms with Gasteiger partial charge < -0.3 is 10.1 Å². The largest absolute Gasteiger partial charge is 0.492 e. The summed E-state index contributed by atoms with van der Waals surface area (Å²) >= 11 is 18.0. The fourth-order valence-corrected chi connectivity index (χ4v) is 2.76. The first kappa shape index (κ1) is 18.9. The van der Waals surface area contributed by atoms with E-state index in [9.17, 15) is 4.79 Å². The van der Waals surface area contributed by atoms with Crippen LogP contribution in [-0.2, 0) is 11.2 Å². The Morgan fingerprint density at radius 1 is 1.08 bits per heavy atom. The van der Waals surface area contributed by atoms with Crippen molar-refractivity contribution in [2.24, 2.45) is 0 Å². The molecule has 0 saturated carbocycles. The van der Waals surface area contributed by atoms with Crippen LogP contribution in [0.5, 0.6) is 5.75 Å². The number of rotatable bonds is 7. The van der Waals surface area contributed by atoms with Gasteiger partial charge >= 0.3 is 0 Å². The molecule has 0 unspecified atom stereocenters. The van der Waals surface area contributed by atoms with Gasteiger partial charge in [0, 0.05) is 21.5 Å². The van der Waals surface area contributed by atoms with E-state index >= 15 is 0 Å². The van der Waals surface area contributed by atoms with Crippen LogP contribution >= 0.6 is 34.8 Å². The van der Waals surface area contributed by atoms with Crippen molar-refractivity contribution in [3.05, 3.63) is 62.6 Å². The molecule has 0 aliphatic rings. The summed E-state index contributed by atoms with van der Waals surface area (Å²) in [5, 5.41) is 4.64. The van der Waals surface area contributed by atoms with Crippen LogP contribution in [0.1, 0.15) is 17.5 Å². The number of nitrogens with one attached hydrogen (secondary N) is 1. The van der Waals surface area contributed by atoms with E-state index in [0.29, 0.717) is 46.8 Å². The molecule has 0 heterocycles. The molecule has 0 aromatic heterocycles. The highest BCUT2D eigenvalue weighted by Crippen LogP contribution is 2.22. The highest BCUT2D eigenvalue weighted by Gasteiger charge is 2.06. The minimum absolute atomic E-state index is 0.0495. The summed E-state index contributed by atoms with van der Waals surface area (Å²) in [6.45, 7) is 2.74. The van der Waals surface area contributed by atoms with Crippen molar-refractivity contribution < 1.29 is 9.53 Å². The molecule has 2 rings (SSSR count). The van der Waals surface area contributed by atoms with Crippen molar-refractivity contribution in [1.29, 1.82) is 0 Å². The van der Waals surface area contributed by atoms with E-state index in [-0.39, 0.29) is 5.91 Å². The van der Waals surface area contributed by atoms with Crippen molar-refractivity contribution in [3.63, 3.8) is 0 Å². The van der Waals surface area contributed by atoms with Gasteiger partial charge in [-0.2, -0.15) is 0 Å². The SMILES string of the molecule is Cc1ccc(OCCNC(=O)CCc2ccc(Cl)cc2Cl)cc1Cl. The Labute approximate surface area is 156 Å². The van der Waals surface area contributed by atoms with Crippen molar-refractivity contribution in [3.8, 4) is 5.75 Å². The number of halogens is 3. The molecule has 128 valence electrons. The Morgan fingerprint density at radius 2 is 1.88 bits per heavy atom. The zero-order chi connectivity index (χ0) is 17.5. The summed E-state index contributed by atoms with van der Waals surface area (Å²) in [5.41, 5.74) is 1.90. The van der Waals surface area contributed by atoms with Gasteiger partial charge in [-0.25, -0.2) is 0 Å². The molecule has 3 nitrogen and oxygen atoms in total. The molecule has 0 bridgehead atoms. The van der Waals surface area contributed by atoms with Crippen LogP contribution < -0.4 is 10.1 Å². The molecule has 2 aromatic rings. The topological polar surface area (TPSA) is 38.3 Å². The lowest BCUT2D eigenvalue weighted by molar-refractivity contribution is -0.121. The van der Waals surface area contributed by atoms with E-state index < -0.39 is 0 Å². The monoisotopic (exact) mass is 385 g/mol. The van der Waals surface area contributed by atoms with E-state index in [2.05, 4.69) is 5.32 Å². The number of hydrogen-bond acceptors (Lipinski definition) is 2. The average molecular weight is 387 g/mol. The normalized spacial score (nSPS) is 10.5. The van der Waals surface area contributed by atoms with Crippen molar-refractivity contribution in [2.75, 3.05) is 13.2 Å². The second kappa shape index (κ2) is 9.16. The summed E-state index contributed by atoms with van der Waals surface area (Å²) in [5.74, 6) is 0.638. The zero-order valence-electron chi connectivity index (χ0n) is 13.2. The zero-order valence-corrected chi connectivity index (χ0v) is 15.5. The van der Waals surface area contributed by atoms with Gasteiger partial charge in [0.05, 0.1) is 6.54 Å². The molecule has 0 saturated heterocycles. The summed E-state index contributed by atoms with van der Waals surface area (Å²) in [4.78, 5) is 11.8. The third-order valence-corrected chi connectivity index (χ3v) is 4.47. The number of benzene rings is 2. The van der Waals surface area contributed by atoms with Gasteiger partial charge in [-0.1, -0.05) is 46.9 Å². The summed E-state index contributed by atoms with van der Waals surface area (Å²) in [7, 11) is 0. The quantitative estimate of drug-likeness (QED) is 0.674. The maximum atomic E-state index is 11.8. The van der Waals surface area contributed by atoms with E-state index in [1.54, 1.807) is 18.2 Å². The van der Waals surface area contributed by atoms with Crippen molar-refractivity contribution in [2.45, 2.75) is 19.8 Å². The van der Waals surface area contributed by atoms with Crippen molar-refractivity contribution >= 4 is 40.7 Å². The molecule has 0 radical (unpaired) electrons. The molecule has 1 amide bonds. The Hall–Kier alpha value is -1.42. The molecule has 1 N–H and O–H groups in total. The van der Waals surface area contributed by atoms with Gasteiger partial charge in [-0.15, -0.1) is 0 Å². The second-order valence-electron chi connectivity index (χ2n) is 5.35. The van der Waals surface area contributed by atoms with E-state index in [1.807, 2.05) is 25.1 Å². The number of hydrogen-bond donors (Lipinski definition) is 1. The fraction of sp³-hybridized carbons (Fsp3) is 0.278. The maximum absolute atomic E-state index is 11.8. The van der Waals surface area contributed by atoms with Crippen molar-refractivity contribution in [1.82, 2.24) is 5.32 Å². The first-order valence-electron chi connectivity index (χ1n) is 7.55. The van der Waals surface area contributed by atoms with Gasteiger partial charge in [0.1, 0.15) is 12.4 Å². The molecule has 0 atom stereocenters. The number of ether oxygens (including phenoxy) is 1. The van der Waals surface area contributed by atoms with Crippen LogP contribution in [-0.4, -0.2) is 19.1 Å². The molecule has 0 fully saturated rings. The lowest BCUT2D eigenvalue weighted by atomic mass is 10.1. The Kier molecular flexibility index (Phi) is 7.22. The third kappa shape index (κ3) is 5.90. The summed E-state index contributed by atoms with van der Waals surface area (Å²) in [6.07, 6.45) is 0.925. The van der Waals surface area contributed by atoms with Gasteiger partial charge in [-0.05, 0) is 48.7 Å². The molecular formula is C18H18Cl3NO2. The first-order valence-corrected chi connectivity index (χ1v) is 8.68. The summed E-state index contributed by atoms with van der Waals surface area (Å²) < 4.78 is 5.55. The predicted octanol–water partition coefficient (Wildman–Crippen LogP) is 5.08. The van der Waals surface area contributed by atoms with Crippen LogP contribution in [0.15, 0.2) is 36.4 Å². The number of carbonyl (C=O) groups excluding carboxylic acids is 1. The highest BCUT2D eigenvalue weighted by atomic mass is 35.5. The molecule has 24 heavy (non-hydrogen) atoms. The number of amides is 1. The third-order valence-electron chi connectivity index (χ3n) is 3.47. The average Bonchev–Trinajstić information content (AvgIpc) is 2.54.